The lowest BCUT2D eigenvalue weighted by Crippen LogP contribution is -2.36. The third-order valence-corrected chi connectivity index (χ3v) is 2.65. The standard InChI is InChI=1S/C9H11F3O3/c10-9(11,12)7-2-1-6(13)3-5(7)4-8(14)15/h5,7H,1-4H2,(H,14,15). The summed E-state index contributed by atoms with van der Waals surface area (Å²) < 4.78 is 37.4. The fourth-order valence-corrected chi connectivity index (χ4v) is 1.96. The largest absolute Gasteiger partial charge is 0.481 e. The van der Waals surface area contributed by atoms with Gasteiger partial charge in [0.1, 0.15) is 5.78 Å². The molecule has 2 atom stereocenters. The Morgan fingerprint density at radius 2 is 2.07 bits per heavy atom. The summed E-state index contributed by atoms with van der Waals surface area (Å²) in [5.74, 6) is -4.30. The van der Waals surface area contributed by atoms with Gasteiger partial charge < -0.3 is 5.11 Å². The van der Waals surface area contributed by atoms with E-state index >= 15 is 0 Å². The van der Waals surface area contributed by atoms with E-state index in [1.807, 2.05) is 0 Å². The third-order valence-electron chi connectivity index (χ3n) is 2.65. The summed E-state index contributed by atoms with van der Waals surface area (Å²) in [6.45, 7) is 0. The van der Waals surface area contributed by atoms with Crippen molar-refractivity contribution in [1.29, 1.82) is 0 Å². The Morgan fingerprint density at radius 3 is 2.53 bits per heavy atom. The Balaban J connectivity index is 2.75. The Labute approximate surface area is 84.3 Å². The molecule has 6 heteroatoms. The quantitative estimate of drug-likeness (QED) is 0.780. The van der Waals surface area contributed by atoms with Crippen molar-refractivity contribution >= 4 is 11.8 Å². The van der Waals surface area contributed by atoms with Crippen LogP contribution in [0.25, 0.3) is 0 Å². The molecular weight excluding hydrogens is 213 g/mol. The number of carbonyl (C=O) groups is 2. The number of hydrogen-bond acceptors (Lipinski definition) is 2. The molecule has 86 valence electrons. The van der Waals surface area contributed by atoms with E-state index in [4.69, 9.17) is 5.11 Å². The van der Waals surface area contributed by atoms with Crippen LogP contribution in [0.2, 0.25) is 0 Å². The average molecular weight is 224 g/mol. The molecule has 1 aliphatic rings. The van der Waals surface area contributed by atoms with Gasteiger partial charge in [-0.3, -0.25) is 9.59 Å². The van der Waals surface area contributed by atoms with E-state index < -0.39 is 30.4 Å². The number of hydrogen-bond donors (Lipinski definition) is 1. The molecule has 3 nitrogen and oxygen atoms in total. The molecule has 1 N–H and O–H groups in total. The maximum absolute atomic E-state index is 12.5. The molecule has 1 saturated carbocycles. The van der Waals surface area contributed by atoms with Crippen LogP contribution in [0.15, 0.2) is 0 Å². The summed E-state index contributed by atoms with van der Waals surface area (Å²) in [6, 6.07) is 0. The van der Waals surface area contributed by atoms with Crippen LogP contribution >= 0.6 is 0 Å². The van der Waals surface area contributed by atoms with Gasteiger partial charge in [0.05, 0.1) is 5.92 Å². The van der Waals surface area contributed by atoms with Gasteiger partial charge in [0, 0.05) is 19.3 Å². The fourth-order valence-electron chi connectivity index (χ4n) is 1.96. The highest BCUT2D eigenvalue weighted by Crippen LogP contribution is 2.41. The second kappa shape index (κ2) is 4.20. The Hall–Kier alpha value is -1.07. The fraction of sp³-hybridized carbons (Fsp3) is 0.778. The monoisotopic (exact) mass is 224 g/mol. The minimum absolute atomic E-state index is 0.0969. The van der Waals surface area contributed by atoms with Gasteiger partial charge in [-0.05, 0) is 12.3 Å². The first-order valence-electron chi connectivity index (χ1n) is 4.61. The van der Waals surface area contributed by atoms with Gasteiger partial charge in [-0.2, -0.15) is 13.2 Å². The van der Waals surface area contributed by atoms with Gasteiger partial charge in [-0.15, -0.1) is 0 Å². The van der Waals surface area contributed by atoms with Crippen LogP contribution in [0.3, 0.4) is 0 Å². The number of Topliss-reactive ketones (excluding diaryl/α,β-unsaturated/α-hetero) is 1. The van der Waals surface area contributed by atoms with E-state index in [1.54, 1.807) is 0 Å². The molecule has 0 bridgehead atoms. The maximum Gasteiger partial charge on any atom is 0.392 e. The smallest absolute Gasteiger partial charge is 0.392 e. The first kappa shape index (κ1) is 12.0. The zero-order valence-corrected chi connectivity index (χ0v) is 7.88. The molecule has 2 unspecified atom stereocenters. The van der Waals surface area contributed by atoms with E-state index in [9.17, 15) is 22.8 Å². The van der Waals surface area contributed by atoms with Gasteiger partial charge in [-0.25, -0.2) is 0 Å². The molecule has 0 aliphatic heterocycles. The molecule has 0 aromatic rings. The van der Waals surface area contributed by atoms with Crippen LogP contribution in [0, 0.1) is 11.8 Å². The van der Waals surface area contributed by atoms with Crippen LogP contribution in [-0.2, 0) is 9.59 Å². The highest BCUT2D eigenvalue weighted by molar-refractivity contribution is 5.80. The van der Waals surface area contributed by atoms with Crippen molar-refractivity contribution in [3.8, 4) is 0 Å². The van der Waals surface area contributed by atoms with Crippen LogP contribution in [0.1, 0.15) is 25.7 Å². The summed E-state index contributed by atoms with van der Waals surface area (Å²) in [4.78, 5) is 21.3. The van der Waals surface area contributed by atoms with E-state index in [1.165, 1.54) is 0 Å². The highest BCUT2D eigenvalue weighted by atomic mass is 19.4. The molecule has 0 heterocycles. The molecular formula is C9H11F3O3. The van der Waals surface area contributed by atoms with Crippen molar-refractivity contribution in [1.82, 2.24) is 0 Å². The number of rotatable bonds is 2. The second-order valence-corrected chi connectivity index (χ2v) is 3.79. The summed E-state index contributed by atoms with van der Waals surface area (Å²) >= 11 is 0. The van der Waals surface area contributed by atoms with Crippen LogP contribution in [0.4, 0.5) is 13.2 Å². The zero-order valence-electron chi connectivity index (χ0n) is 7.88. The molecule has 1 aliphatic carbocycles. The summed E-state index contributed by atoms with van der Waals surface area (Å²) in [5, 5.41) is 8.46. The number of carboxylic acid groups (broad SMARTS) is 1. The lowest BCUT2D eigenvalue weighted by molar-refractivity contribution is -0.197. The number of carbonyl (C=O) groups excluding carboxylic acids is 1. The average Bonchev–Trinajstić information content (AvgIpc) is 1.99. The molecule has 15 heavy (non-hydrogen) atoms. The van der Waals surface area contributed by atoms with Gasteiger partial charge in [-0.1, -0.05) is 0 Å². The summed E-state index contributed by atoms with van der Waals surface area (Å²) in [6.07, 6.45) is -5.63. The Morgan fingerprint density at radius 1 is 1.47 bits per heavy atom. The molecule has 0 amide bonds. The molecule has 0 saturated heterocycles. The lowest BCUT2D eigenvalue weighted by Gasteiger charge is -2.31. The molecule has 0 aromatic heterocycles. The zero-order chi connectivity index (χ0) is 11.6. The van der Waals surface area contributed by atoms with E-state index in [-0.39, 0.29) is 25.0 Å². The molecule has 0 radical (unpaired) electrons. The number of alkyl halides is 3. The SMILES string of the molecule is O=C(O)CC1CC(=O)CCC1C(F)(F)F. The topological polar surface area (TPSA) is 54.4 Å². The second-order valence-electron chi connectivity index (χ2n) is 3.79. The van der Waals surface area contributed by atoms with Crippen LogP contribution in [0.5, 0.6) is 0 Å². The molecule has 1 fully saturated rings. The van der Waals surface area contributed by atoms with E-state index in [0.717, 1.165) is 0 Å². The van der Waals surface area contributed by atoms with Crippen molar-refractivity contribution in [2.45, 2.75) is 31.9 Å². The van der Waals surface area contributed by atoms with Crippen LogP contribution in [-0.4, -0.2) is 23.0 Å². The van der Waals surface area contributed by atoms with Crippen molar-refractivity contribution in [2.75, 3.05) is 0 Å². The number of aliphatic carboxylic acids is 1. The van der Waals surface area contributed by atoms with Crippen molar-refractivity contribution in [2.24, 2.45) is 11.8 Å². The molecule has 0 spiro atoms. The van der Waals surface area contributed by atoms with Gasteiger partial charge in [0.15, 0.2) is 0 Å². The predicted octanol–water partition coefficient (Wildman–Crippen LogP) is 2.01. The first-order chi connectivity index (χ1) is 6.80. The van der Waals surface area contributed by atoms with Crippen molar-refractivity contribution in [3.05, 3.63) is 0 Å². The minimum Gasteiger partial charge on any atom is -0.481 e. The summed E-state index contributed by atoms with van der Waals surface area (Å²) in [5.41, 5.74) is 0. The number of carboxylic acids is 1. The maximum atomic E-state index is 12.5. The predicted molar refractivity (Wildman–Crippen MR) is 44.1 cm³/mol. The normalized spacial score (nSPS) is 27.8. The highest BCUT2D eigenvalue weighted by Gasteiger charge is 2.47. The first-order valence-corrected chi connectivity index (χ1v) is 4.61. The Kier molecular flexibility index (Phi) is 3.36. The Bertz CT molecular complexity index is 270. The van der Waals surface area contributed by atoms with E-state index in [2.05, 4.69) is 0 Å². The lowest BCUT2D eigenvalue weighted by atomic mass is 9.76. The summed E-state index contributed by atoms with van der Waals surface area (Å²) in [7, 11) is 0. The van der Waals surface area contributed by atoms with Gasteiger partial charge in [0.2, 0.25) is 0 Å². The van der Waals surface area contributed by atoms with Crippen molar-refractivity contribution in [3.63, 3.8) is 0 Å². The third kappa shape index (κ3) is 3.21. The van der Waals surface area contributed by atoms with Gasteiger partial charge >= 0.3 is 12.1 Å². The minimum atomic E-state index is -4.40. The molecule has 1 rings (SSSR count). The van der Waals surface area contributed by atoms with Crippen molar-refractivity contribution < 1.29 is 27.9 Å². The number of ketones is 1. The number of halogens is 3. The van der Waals surface area contributed by atoms with Gasteiger partial charge in [0.25, 0.3) is 0 Å². The molecule has 0 aromatic carbocycles. The van der Waals surface area contributed by atoms with E-state index in [0.29, 0.717) is 0 Å². The van der Waals surface area contributed by atoms with Crippen LogP contribution < -0.4 is 0 Å².